The van der Waals surface area contributed by atoms with E-state index in [4.69, 9.17) is 9.15 Å². The molecule has 1 amide bonds. The number of aliphatic hydroxyl groups excluding tert-OH is 1. The number of amides is 1. The average Bonchev–Trinajstić information content (AvgIpc) is 3.46. The minimum atomic E-state index is -1.43. The third-order valence-corrected chi connectivity index (χ3v) is 5.29. The number of carbonyl (C=O) groups is 1. The van der Waals surface area contributed by atoms with Crippen molar-refractivity contribution in [2.45, 2.75) is 37.8 Å². The van der Waals surface area contributed by atoms with Gasteiger partial charge in [-0.05, 0) is 13.0 Å². The van der Waals surface area contributed by atoms with Gasteiger partial charge in [0.2, 0.25) is 5.89 Å². The van der Waals surface area contributed by atoms with E-state index in [0.717, 1.165) is 5.69 Å². The summed E-state index contributed by atoms with van der Waals surface area (Å²) in [7, 11) is 0. The van der Waals surface area contributed by atoms with E-state index in [9.17, 15) is 9.90 Å². The summed E-state index contributed by atoms with van der Waals surface area (Å²) in [6.07, 6.45) is -1.34. The lowest BCUT2D eigenvalue weighted by Crippen LogP contribution is -2.47. The Hall–Kier alpha value is -3.27. The molecule has 29 heavy (non-hydrogen) atoms. The molecule has 0 saturated carbocycles. The Morgan fingerprint density at radius 3 is 2.97 bits per heavy atom. The molecule has 150 valence electrons. The van der Waals surface area contributed by atoms with Crippen LogP contribution in [0, 0.1) is 0 Å². The van der Waals surface area contributed by atoms with Crippen LogP contribution in [-0.2, 0) is 6.42 Å². The number of H-pyrrole nitrogens is 1. The molecule has 10 heteroatoms. The fraction of sp³-hybridized carbons (Fsp3) is 0.368. The third-order valence-electron chi connectivity index (χ3n) is 5.29. The van der Waals surface area contributed by atoms with E-state index in [1.54, 1.807) is 24.3 Å². The van der Waals surface area contributed by atoms with Gasteiger partial charge in [-0.25, -0.2) is 9.37 Å². The van der Waals surface area contributed by atoms with Crippen molar-refractivity contribution in [2.75, 3.05) is 6.54 Å². The van der Waals surface area contributed by atoms with Gasteiger partial charge in [0.25, 0.3) is 0 Å². The zero-order valence-electron chi connectivity index (χ0n) is 15.4. The molecule has 0 radical (unpaired) electrons. The van der Waals surface area contributed by atoms with E-state index in [-0.39, 0.29) is 11.8 Å². The van der Waals surface area contributed by atoms with Crippen molar-refractivity contribution in [2.24, 2.45) is 0 Å². The SMILES string of the molecule is C[C@H](O)c1nnc(C(=O)N2CCc3[nH]cnc3[C@@H]2C2Oc3ccccc3C2F)o1. The van der Waals surface area contributed by atoms with Crippen molar-refractivity contribution in [3.8, 4) is 5.75 Å². The molecular formula is C19H18FN5O4. The highest BCUT2D eigenvalue weighted by molar-refractivity contribution is 5.90. The second-order valence-electron chi connectivity index (χ2n) is 7.10. The van der Waals surface area contributed by atoms with Crippen LogP contribution in [0.4, 0.5) is 4.39 Å². The minimum Gasteiger partial charge on any atom is -0.484 e. The van der Waals surface area contributed by atoms with Crippen LogP contribution in [-0.4, -0.2) is 48.7 Å². The fourth-order valence-electron chi connectivity index (χ4n) is 3.90. The molecule has 0 aliphatic carbocycles. The number of aromatic nitrogens is 4. The van der Waals surface area contributed by atoms with Gasteiger partial charge >= 0.3 is 11.8 Å². The van der Waals surface area contributed by atoms with Crippen LogP contribution in [0.2, 0.25) is 0 Å². The summed E-state index contributed by atoms with van der Waals surface area (Å²) >= 11 is 0. The van der Waals surface area contributed by atoms with E-state index in [2.05, 4.69) is 20.2 Å². The maximum Gasteiger partial charge on any atom is 0.312 e. The maximum atomic E-state index is 15.3. The van der Waals surface area contributed by atoms with Crippen molar-refractivity contribution in [3.63, 3.8) is 0 Å². The Morgan fingerprint density at radius 1 is 1.38 bits per heavy atom. The van der Waals surface area contributed by atoms with Gasteiger partial charge in [0, 0.05) is 24.2 Å². The summed E-state index contributed by atoms with van der Waals surface area (Å²) in [6.45, 7) is 1.76. The molecule has 2 aromatic heterocycles. The molecule has 0 saturated heterocycles. The number of imidazole rings is 1. The fourth-order valence-corrected chi connectivity index (χ4v) is 3.90. The zero-order chi connectivity index (χ0) is 20.1. The molecule has 5 rings (SSSR count). The van der Waals surface area contributed by atoms with Crippen molar-refractivity contribution < 1.29 is 23.4 Å². The molecule has 0 fully saturated rings. The van der Waals surface area contributed by atoms with E-state index in [1.165, 1.54) is 18.2 Å². The van der Waals surface area contributed by atoms with Crippen molar-refractivity contribution >= 4 is 5.91 Å². The summed E-state index contributed by atoms with van der Waals surface area (Å²) in [6, 6.07) is 6.12. The molecule has 4 heterocycles. The summed E-state index contributed by atoms with van der Waals surface area (Å²) in [5, 5.41) is 17.0. The van der Waals surface area contributed by atoms with Crippen LogP contribution < -0.4 is 4.74 Å². The molecule has 0 bridgehead atoms. The molecule has 3 aromatic rings. The number of aromatic amines is 1. The number of aliphatic hydroxyl groups is 1. The lowest BCUT2D eigenvalue weighted by atomic mass is 9.93. The molecule has 9 nitrogen and oxygen atoms in total. The first-order valence-electron chi connectivity index (χ1n) is 9.29. The van der Waals surface area contributed by atoms with Crippen LogP contribution in [0.5, 0.6) is 5.75 Å². The minimum absolute atomic E-state index is 0.0599. The Bertz CT molecular complexity index is 1060. The number of halogens is 1. The van der Waals surface area contributed by atoms with Gasteiger partial charge in [0.15, 0.2) is 12.3 Å². The van der Waals surface area contributed by atoms with Gasteiger partial charge in [-0.1, -0.05) is 18.2 Å². The number of benzene rings is 1. The van der Waals surface area contributed by atoms with Crippen LogP contribution in [0.3, 0.4) is 0 Å². The van der Waals surface area contributed by atoms with E-state index < -0.39 is 30.3 Å². The lowest BCUT2D eigenvalue weighted by Gasteiger charge is -2.37. The Labute approximate surface area is 164 Å². The van der Waals surface area contributed by atoms with Crippen molar-refractivity contribution in [1.82, 2.24) is 25.1 Å². The van der Waals surface area contributed by atoms with Crippen LogP contribution in [0.15, 0.2) is 35.0 Å². The summed E-state index contributed by atoms with van der Waals surface area (Å²) in [5.74, 6) is -0.435. The largest absolute Gasteiger partial charge is 0.484 e. The number of fused-ring (bicyclic) bond motifs is 2. The maximum absolute atomic E-state index is 15.3. The predicted octanol–water partition coefficient (Wildman–Crippen LogP) is 2.06. The molecule has 1 aromatic carbocycles. The highest BCUT2D eigenvalue weighted by Gasteiger charge is 2.48. The normalized spacial score (nSPS) is 24.0. The first-order chi connectivity index (χ1) is 14.0. The number of ether oxygens (including phenoxy) is 1. The number of nitrogens with zero attached hydrogens (tertiary/aromatic N) is 4. The quantitative estimate of drug-likeness (QED) is 0.692. The number of carbonyl (C=O) groups excluding carboxylic acids is 1. The number of para-hydroxylation sites is 1. The molecule has 2 N–H and O–H groups in total. The summed E-state index contributed by atoms with van der Waals surface area (Å²) in [5.41, 5.74) is 1.84. The smallest absolute Gasteiger partial charge is 0.312 e. The first-order valence-corrected chi connectivity index (χ1v) is 9.29. The highest BCUT2D eigenvalue weighted by Crippen LogP contribution is 2.46. The van der Waals surface area contributed by atoms with Crippen LogP contribution in [0.1, 0.15) is 58.8 Å². The van der Waals surface area contributed by atoms with E-state index in [0.29, 0.717) is 30.0 Å². The second kappa shape index (κ2) is 6.66. The Kier molecular flexibility index (Phi) is 4.09. The van der Waals surface area contributed by atoms with Gasteiger partial charge in [-0.2, -0.15) is 0 Å². The van der Waals surface area contributed by atoms with Crippen molar-refractivity contribution in [1.29, 1.82) is 0 Å². The van der Waals surface area contributed by atoms with E-state index >= 15 is 4.39 Å². The number of alkyl halides is 1. The topological polar surface area (TPSA) is 117 Å². The number of rotatable bonds is 3. The highest BCUT2D eigenvalue weighted by atomic mass is 19.1. The Balaban J connectivity index is 1.52. The van der Waals surface area contributed by atoms with Crippen LogP contribution in [0.25, 0.3) is 0 Å². The van der Waals surface area contributed by atoms with Gasteiger partial charge in [0.1, 0.15) is 17.9 Å². The predicted molar refractivity (Wildman–Crippen MR) is 95.7 cm³/mol. The molecule has 4 atom stereocenters. The molecule has 2 aliphatic rings. The van der Waals surface area contributed by atoms with Gasteiger partial charge in [0.05, 0.1) is 12.0 Å². The first kappa shape index (κ1) is 17.8. The van der Waals surface area contributed by atoms with Crippen molar-refractivity contribution in [3.05, 3.63) is 59.3 Å². The van der Waals surface area contributed by atoms with Gasteiger partial charge in [-0.3, -0.25) is 4.79 Å². The third kappa shape index (κ3) is 2.79. The average molecular weight is 399 g/mol. The Morgan fingerprint density at radius 2 is 2.21 bits per heavy atom. The zero-order valence-corrected chi connectivity index (χ0v) is 15.4. The standard InChI is InChI=1S/C19H18FN5O4/c1-9(26)17-23-24-18(29-17)19(27)25-7-6-11-14(22-8-21-11)15(25)16-13(20)10-4-2-3-5-12(10)28-16/h2-5,8-9,13,15-16,26H,6-7H2,1H3,(H,21,22)/t9-,13?,15+,16?/m0/s1. The number of hydrogen-bond acceptors (Lipinski definition) is 7. The molecular weight excluding hydrogens is 381 g/mol. The summed E-state index contributed by atoms with van der Waals surface area (Å²) < 4.78 is 26.5. The summed E-state index contributed by atoms with van der Waals surface area (Å²) in [4.78, 5) is 22.0. The van der Waals surface area contributed by atoms with Gasteiger partial charge < -0.3 is 24.1 Å². The van der Waals surface area contributed by atoms with E-state index in [1.807, 2.05) is 0 Å². The molecule has 0 spiro atoms. The monoisotopic (exact) mass is 399 g/mol. The number of hydrogen-bond donors (Lipinski definition) is 2. The lowest BCUT2D eigenvalue weighted by molar-refractivity contribution is 0.0188. The second-order valence-corrected chi connectivity index (χ2v) is 7.10. The van der Waals surface area contributed by atoms with Gasteiger partial charge in [-0.15, -0.1) is 10.2 Å². The molecule has 2 aliphatic heterocycles. The number of nitrogens with one attached hydrogen (secondary N) is 1. The molecule has 2 unspecified atom stereocenters. The van der Waals surface area contributed by atoms with Crippen LogP contribution >= 0.6 is 0 Å².